The molecule has 2 aromatic rings. The highest BCUT2D eigenvalue weighted by Gasteiger charge is 2.45. The van der Waals surface area contributed by atoms with Crippen molar-refractivity contribution in [1.82, 2.24) is 15.0 Å². The van der Waals surface area contributed by atoms with Crippen LogP contribution in [0.4, 0.5) is 0 Å². The summed E-state index contributed by atoms with van der Waals surface area (Å²) in [6, 6.07) is 9.98. The van der Waals surface area contributed by atoms with Crippen LogP contribution in [0.3, 0.4) is 0 Å². The average molecular weight is 325 g/mol. The lowest BCUT2D eigenvalue weighted by molar-refractivity contribution is -0.0875. The zero-order valence-electron chi connectivity index (χ0n) is 13.7. The second kappa shape index (κ2) is 6.49. The van der Waals surface area contributed by atoms with Gasteiger partial charge in [0, 0.05) is 11.0 Å². The van der Waals surface area contributed by atoms with Gasteiger partial charge in [-0.15, -0.1) is 5.10 Å². The number of ether oxygens (including phenoxy) is 1. The van der Waals surface area contributed by atoms with Crippen molar-refractivity contribution in [3.8, 4) is 11.3 Å². The third kappa shape index (κ3) is 2.78. The zero-order chi connectivity index (χ0) is 16.4. The SMILES string of the molecule is O[C@H]1[C@H](n2cc(-c3ccccc3)nn2)CCC[C@]12CC=CCOC2. The Bertz CT molecular complexity index is 712. The lowest BCUT2D eigenvalue weighted by Crippen LogP contribution is -2.47. The molecule has 4 rings (SSSR count). The van der Waals surface area contributed by atoms with Crippen molar-refractivity contribution in [2.75, 3.05) is 13.2 Å². The van der Waals surface area contributed by atoms with Crippen molar-refractivity contribution in [3.63, 3.8) is 0 Å². The first-order valence-corrected chi connectivity index (χ1v) is 8.67. The van der Waals surface area contributed by atoms with E-state index in [0.29, 0.717) is 13.2 Å². The molecule has 2 aliphatic rings. The molecule has 1 spiro atoms. The summed E-state index contributed by atoms with van der Waals surface area (Å²) >= 11 is 0. The molecule has 1 aromatic heterocycles. The van der Waals surface area contributed by atoms with E-state index in [1.54, 1.807) is 0 Å². The van der Waals surface area contributed by atoms with Crippen molar-refractivity contribution in [2.24, 2.45) is 5.41 Å². The minimum absolute atomic E-state index is 0.0428. The molecular formula is C19H23N3O2. The highest BCUT2D eigenvalue weighted by molar-refractivity contribution is 5.57. The number of benzene rings is 1. The molecule has 1 aliphatic heterocycles. The van der Waals surface area contributed by atoms with Crippen LogP contribution in [-0.4, -0.2) is 39.4 Å². The van der Waals surface area contributed by atoms with E-state index in [2.05, 4.69) is 16.4 Å². The topological polar surface area (TPSA) is 60.2 Å². The molecule has 1 aliphatic carbocycles. The summed E-state index contributed by atoms with van der Waals surface area (Å²) in [7, 11) is 0. The number of hydrogen-bond acceptors (Lipinski definition) is 4. The number of allylic oxidation sites excluding steroid dienone is 1. The van der Waals surface area contributed by atoms with Gasteiger partial charge < -0.3 is 9.84 Å². The molecule has 2 heterocycles. The number of aromatic nitrogens is 3. The van der Waals surface area contributed by atoms with Crippen LogP contribution in [-0.2, 0) is 4.74 Å². The largest absolute Gasteiger partial charge is 0.390 e. The van der Waals surface area contributed by atoms with Crippen LogP contribution in [0.1, 0.15) is 31.7 Å². The highest BCUT2D eigenvalue weighted by Crippen LogP contribution is 2.45. The molecule has 0 bridgehead atoms. The summed E-state index contributed by atoms with van der Waals surface area (Å²) in [4.78, 5) is 0. The van der Waals surface area contributed by atoms with Crippen LogP contribution in [0, 0.1) is 5.41 Å². The fourth-order valence-corrected chi connectivity index (χ4v) is 3.99. The maximum absolute atomic E-state index is 11.1. The van der Waals surface area contributed by atoms with Crippen LogP contribution < -0.4 is 0 Å². The third-order valence-corrected chi connectivity index (χ3v) is 5.38. The third-order valence-electron chi connectivity index (χ3n) is 5.38. The average Bonchev–Trinajstić information content (AvgIpc) is 2.99. The van der Waals surface area contributed by atoms with Crippen LogP contribution in [0.2, 0.25) is 0 Å². The molecule has 0 saturated heterocycles. The van der Waals surface area contributed by atoms with Gasteiger partial charge in [0.25, 0.3) is 0 Å². The molecule has 0 amide bonds. The number of nitrogens with zero attached hydrogens (tertiary/aromatic N) is 3. The Labute approximate surface area is 142 Å². The molecular weight excluding hydrogens is 302 g/mol. The van der Waals surface area contributed by atoms with Gasteiger partial charge in [0.1, 0.15) is 5.69 Å². The first-order valence-electron chi connectivity index (χ1n) is 8.67. The van der Waals surface area contributed by atoms with Gasteiger partial charge >= 0.3 is 0 Å². The molecule has 5 heteroatoms. The van der Waals surface area contributed by atoms with Gasteiger partial charge in [0.2, 0.25) is 0 Å². The van der Waals surface area contributed by atoms with E-state index in [1.165, 1.54) is 0 Å². The van der Waals surface area contributed by atoms with Gasteiger partial charge in [-0.1, -0.05) is 54.1 Å². The molecule has 0 radical (unpaired) electrons. The Morgan fingerprint density at radius 1 is 1.21 bits per heavy atom. The van der Waals surface area contributed by atoms with Gasteiger partial charge in [-0.2, -0.15) is 0 Å². The summed E-state index contributed by atoms with van der Waals surface area (Å²) in [5, 5.41) is 19.7. The minimum atomic E-state index is -0.473. The van der Waals surface area contributed by atoms with Gasteiger partial charge in [-0.05, 0) is 19.3 Å². The molecule has 24 heavy (non-hydrogen) atoms. The first-order chi connectivity index (χ1) is 11.8. The fourth-order valence-electron chi connectivity index (χ4n) is 3.99. The molecule has 1 N–H and O–H groups in total. The normalized spacial score (nSPS) is 30.4. The van der Waals surface area contributed by atoms with Gasteiger partial charge in [0.05, 0.1) is 31.6 Å². The lowest BCUT2D eigenvalue weighted by atomic mass is 9.68. The molecule has 1 fully saturated rings. The number of hydrogen-bond donors (Lipinski definition) is 1. The molecule has 0 unspecified atom stereocenters. The Balaban J connectivity index is 1.60. The summed E-state index contributed by atoms with van der Waals surface area (Å²) in [6.07, 6.45) is 9.53. The van der Waals surface area contributed by atoms with Crippen molar-refractivity contribution < 1.29 is 9.84 Å². The lowest BCUT2D eigenvalue weighted by Gasteiger charge is -2.44. The quantitative estimate of drug-likeness (QED) is 0.862. The molecule has 5 nitrogen and oxygen atoms in total. The molecule has 3 atom stereocenters. The predicted octanol–water partition coefficient (Wildman–Crippen LogP) is 2.99. The van der Waals surface area contributed by atoms with E-state index in [9.17, 15) is 5.11 Å². The smallest absolute Gasteiger partial charge is 0.113 e. The van der Waals surface area contributed by atoms with E-state index < -0.39 is 6.10 Å². The van der Waals surface area contributed by atoms with Gasteiger partial charge in [0.15, 0.2) is 0 Å². The Kier molecular flexibility index (Phi) is 4.21. The Morgan fingerprint density at radius 3 is 2.96 bits per heavy atom. The molecule has 126 valence electrons. The van der Waals surface area contributed by atoms with Crippen LogP contribution in [0.15, 0.2) is 48.7 Å². The second-order valence-corrected chi connectivity index (χ2v) is 6.91. The second-order valence-electron chi connectivity index (χ2n) is 6.91. The number of aliphatic hydroxyl groups excluding tert-OH is 1. The molecule has 1 aromatic carbocycles. The summed E-state index contributed by atoms with van der Waals surface area (Å²) in [5.74, 6) is 0. The summed E-state index contributed by atoms with van der Waals surface area (Å²) < 4.78 is 7.57. The standard InChI is InChI=1S/C19H23N3O2/c23-18-17(9-6-11-19(18)10-4-5-12-24-14-19)22-13-16(20-21-22)15-7-2-1-3-8-15/h1-5,7-8,13,17-18,23H,6,9-12,14H2/t17-,18+,19+/m1/s1. The van der Waals surface area contributed by atoms with E-state index in [0.717, 1.165) is 36.9 Å². The summed E-state index contributed by atoms with van der Waals surface area (Å²) in [5.41, 5.74) is 1.69. The predicted molar refractivity (Wildman–Crippen MR) is 91.4 cm³/mol. The first kappa shape index (κ1) is 15.5. The van der Waals surface area contributed by atoms with Crippen LogP contribution >= 0.6 is 0 Å². The highest BCUT2D eigenvalue weighted by atomic mass is 16.5. The van der Waals surface area contributed by atoms with Crippen molar-refractivity contribution in [2.45, 2.75) is 37.8 Å². The van der Waals surface area contributed by atoms with Crippen LogP contribution in [0.25, 0.3) is 11.3 Å². The number of aliphatic hydroxyl groups is 1. The fraction of sp³-hybridized carbons (Fsp3) is 0.474. The van der Waals surface area contributed by atoms with Crippen molar-refractivity contribution >= 4 is 0 Å². The monoisotopic (exact) mass is 325 g/mol. The van der Waals surface area contributed by atoms with Crippen molar-refractivity contribution in [1.29, 1.82) is 0 Å². The minimum Gasteiger partial charge on any atom is -0.390 e. The van der Waals surface area contributed by atoms with Gasteiger partial charge in [-0.3, -0.25) is 0 Å². The van der Waals surface area contributed by atoms with E-state index >= 15 is 0 Å². The van der Waals surface area contributed by atoms with Crippen molar-refractivity contribution in [3.05, 3.63) is 48.7 Å². The zero-order valence-corrected chi connectivity index (χ0v) is 13.7. The Hall–Kier alpha value is -1.98. The Morgan fingerprint density at radius 2 is 2.08 bits per heavy atom. The van der Waals surface area contributed by atoms with E-state index in [4.69, 9.17) is 4.74 Å². The maximum atomic E-state index is 11.1. The van der Waals surface area contributed by atoms with Gasteiger partial charge in [-0.25, -0.2) is 4.68 Å². The summed E-state index contributed by atoms with van der Waals surface area (Å²) in [6.45, 7) is 1.25. The van der Waals surface area contributed by atoms with Crippen LogP contribution in [0.5, 0.6) is 0 Å². The maximum Gasteiger partial charge on any atom is 0.113 e. The molecule has 1 saturated carbocycles. The number of rotatable bonds is 2. The van der Waals surface area contributed by atoms with E-state index in [1.807, 2.05) is 47.3 Å². The van der Waals surface area contributed by atoms with E-state index in [-0.39, 0.29) is 11.5 Å².